The largest absolute Gasteiger partial charge is 0.395 e. The number of hydrogen-bond donors (Lipinski definition) is 1. The first-order chi connectivity index (χ1) is 8.46. The van der Waals surface area contributed by atoms with E-state index in [2.05, 4.69) is 15.9 Å². The maximum Gasteiger partial charge on any atom is 0.243 e. The van der Waals surface area contributed by atoms with Gasteiger partial charge < -0.3 is 5.11 Å². The van der Waals surface area contributed by atoms with Crippen molar-refractivity contribution in [1.29, 1.82) is 0 Å². The van der Waals surface area contributed by atoms with Gasteiger partial charge in [-0.2, -0.15) is 4.31 Å². The van der Waals surface area contributed by atoms with Crippen LogP contribution in [0.15, 0.2) is 27.6 Å². The minimum atomic E-state index is -3.51. The quantitative estimate of drug-likeness (QED) is 0.919. The van der Waals surface area contributed by atoms with Crippen LogP contribution in [0.25, 0.3) is 0 Å². The molecule has 0 bridgehead atoms. The summed E-state index contributed by atoms with van der Waals surface area (Å²) in [5.74, 6) is 0. The fourth-order valence-corrected chi connectivity index (χ4v) is 4.74. The van der Waals surface area contributed by atoms with Crippen molar-refractivity contribution < 1.29 is 13.5 Å². The molecule has 100 valence electrons. The van der Waals surface area contributed by atoms with E-state index in [9.17, 15) is 13.5 Å². The van der Waals surface area contributed by atoms with E-state index in [-0.39, 0.29) is 12.6 Å². The van der Waals surface area contributed by atoms with E-state index >= 15 is 0 Å². The second-order valence-electron chi connectivity index (χ2n) is 4.50. The van der Waals surface area contributed by atoms with Crippen LogP contribution in [-0.2, 0) is 10.0 Å². The lowest BCUT2D eigenvalue weighted by molar-refractivity contribution is 0.213. The first-order valence-electron chi connectivity index (χ1n) is 5.85. The van der Waals surface area contributed by atoms with Crippen LogP contribution in [0.5, 0.6) is 0 Å². The number of aliphatic hydroxyl groups excluding tert-OH is 1. The molecular formula is C12H16BrNO3S. The molecule has 1 saturated heterocycles. The number of rotatable bonds is 3. The molecule has 0 spiro atoms. The third-order valence-corrected chi connectivity index (χ3v) is 5.86. The number of aryl methyl sites for hydroxylation is 1. The molecule has 4 nitrogen and oxygen atoms in total. The van der Waals surface area contributed by atoms with E-state index in [4.69, 9.17) is 0 Å². The van der Waals surface area contributed by atoms with Gasteiger partial charge >= 0.3 is 0 Å². The minimum absolute atomic E-state index is 0.119. The predicted octanol–water partition coefficient (Wildman–Crippen LogP) is 1.90. The van der Waals surface area contributed by atoms with Gasteiger partial charge in [0.25, 0.3) is 0 Å². The summed E-state index contributed by atoms with van der Waals surface area (Å²) >= 11 is 3.30. The van der Waals surface area contributed by atoms with Crippen molar-refractivity contribution in [3.05, 3.63) is 28.2 Å². The summed E-state index contributed by atoms with van der Waals surface area (Å²) in [7, 11) is -3.51. The van der Waals surface area contributed by atoms with Gasteiger partial charge in [0.05, 0.1) is 11.5 Å². The molecule has 0 aliphatic carbocycles. The van der Waals surface area contributed by atoms with Gasteiger partial charge in [0.2, 0.25) is 10.0 Å². The van der Waals surface area contributed by atoms with Crippen LogP contribution >= 0.6 is 15.9 Å². The Hall–Kier alpha value is -0.430. The van der Waals surface area contributed by atoms with Crippen molar-refractivity contribution in [2.75, 3.05) is 13.2 Å². The highest BCUT2D eigenvalue weighted by Crippen LogP contribution is 2.29. The van der Waals surface area contributed by atoms with Crippen molar-refractivity contribution in [2.24, 2.45) is 0 Å². The zero-order valence-corrected chi connectivity index (χ0v) is 12.5. The van der Waals surface area contributed by atoms with E-state index < -0.39 is 10.0 Å². The molecule has 1 aromatic carbocycles. The Morgan fingerprint density at radius 2 is 2.22 bits per heavy atom. The molecule has 0 radical (unpaired) electrons. The van der Waals surface area contributed by atoms with E-state index in [1.807, 2.05) is 6.07 Å². The third-order valence-electron chi connectivity index (χ3n) is 3.27. The number of hydrogen-bond acceptors (Lipinski definition) is 3. The number of benzene rings is 1. The number of aliphatic hydroxyl groups is 1. The average molecular weight is 334 g/mol. The average Bonchev–Trinajstić information content (AvgIpc) is 2.81. The van der Waals surface area contributed by atoms with Crippen LogP contribution in [0.3, 0.4) is 0 Å². The lowest BCUT2D eigenvalue weighted by Gasteiger charge is -2.23. The van der Waals surface area contributed by atoms with Gasteiger partial charge in [-0.15, -0.1) is 0 Å². The zero-order chi connectivity index (χ0) is 13.3. The molecule has 1 N–H and O–H groups in total. The summed E-state index contributed by atoms with van der Waals surface area (Å²) in [5, 5.41) is 9.26. The Morgan fingerprint density at radius 1 is 1.50 bits per heavy atom. The normalized spacial score (nSPS) is 21.4. The molecule has 0 aromatic heterocycles. The monoisotopic (exact) mass is 333 g/mol. The highest BCUT2D eigenvalue weighted by molar-refractivity contribution is 9.10. The van der Waals surface area contributed by atoms with Gasteiger partial charge in [0.1, 0.15) is 0 Å². The summed E-state index contributed by atoms with van der Waals surface area (Å²) in [5.41, 5.74) is 0.724. The fraction of sp³-hybridized carbons (Fsp3) is 0.500. The lowest BCUT2D eigenvalue weighted by atomic mass is 10.2. The molecule has 18 heavy (non-hydrogen) atoms. The van der Waals surface area contributed by atoms with Crippen LogP contribution in [0.1, 0.15) is 18.4 Å². The molecule has 1 aliphatic heterocycles. The van der Waals surface area contributed by atoms with Crippen molar-refractivity contribution in [2.45, 2.75) is 30.7 Å². The Bertz CT molecular complexity index is 544. The standard InChI is InChI=1S/C12H16BrNO3S/c1-9-4-5-10(13)7-12(9)18(16,17)14-6-2-3-11(14)8-15/h4-5,7,11,15H,2-3,6,8H2,1H3/t11-/m0/s1. The number of nitrogens with zero attached hydrogens (tertiary/aromatic N) is 1. The summed E-state index contributed by atoms with van der Waals surface area (Å²) < 4.78 is 27.3. The fourth-order valence-electron chi connectivity index (χ4n) is 2.29. The van der Waals surface area contributed by atoms with E-state index in [0.717, 1.165) is 22.9 Å². The molecule has 6 heteroatoms. The minimum Gasteiger partial charge on any atom is -0.395 e. The van der Waals surface area contributed by atoms with Gasteiger partial charge in [0, 0.05) is 17.1 Å². The molecular weight excluding hydrogens is 318 g/mol. The molecule has 1 heterocycles. The highest BCUT2D eigenvalue weighted by atomic mass is 79.9. The summed E-state index contributed by atoms with van der Waals surface area (Å²) in [6.07, 6.45) is 1.53. The van der Waals surface area contributed by atoms with Crippen molar-refractivity contribution >= 4 is 26.0 Å². The molecule has 1 fully saturated rings. The van der Waals surface area contributed by atoms with Crippen LogP contribution in [0.4, 0.5) is 0 Å². The van der Waals surface area contributed by atoms with Crippen LogP contribution in [-0.4, -0.2) is 37.0 Å². The maximum absolute atomic E-state index is 12.6. The van der Waals surface area contributed by atoms with Gasteiger partial charge in [-0.3, -0.25) is 0 Å². The molecule has 0 amide bonds. The lowest BCUT2D eigenvalue weighted by Crippen LogP contribution is -2.37. The molecule has 0 saturated carbocycles. The first kappa shape index (κ1) is 14.0. The van der Waals surface area contributed by atoms with Crippen LogP contribution in [0, 0.1) is 6.92 Å². The zero-order valence-electron chi connectivity index (χ0n) is 10.1. The summed E-state index contributed by atoms with van der Waals surface area (Å²) in [6.45, 7) is 2.15. The third kappa shape index (κ3) is 2.47. The Balaban J connectivity index is 2.45. The molecule has 1 aliphatic rings. The molecule has 0 unspecified atom stereocenters. The molecule has 2 rings (SSSR count). The first-order valence-corrected chi connectivity index (χ1v) is 8.09. The smallest absolute Gasteiger partial charge is 0.243 e. The van der Waals surface area contributed by atoms with E-state index in [0.29, 0.717) is 11.4 Å². The number of halogens is 1. The van der Waals surface area contributed by atoms with Gasteiger partial charge in [-0.25, -0.2) is 8.42 Å². The second kappa shape index (κ2) is 5.28. The Morgan fingerprint density at radius 3 is 2.89 bits per heavy atom. The van der Waals surface area contributed by atoms with Crippen molar-refractivity contribution in [3.63, 3.8) is 0 Å². The molecule has 1 atom stereocenters. The highest BCUT2D eigenvalue weighted by Gasteiger charge is 2.35. The van der Waals surface area contributed by atoms with Gasteiger partial charge in [-0.05, 0) is 37.5 Å². The van der Waals surface area contributed by atoms with Crippen molar-refractivity contribution in [1.82, 2.24) is 4.31 Å². The molecule has 1 aromatic rings. The predicted molar refractivity (Wildman–Crippen MR) is 72.9 cm³/mol. The van der Waals surface area contributed by atoms with E-state index in [1.54, 1.807) is 19.1 Å². The number of sulfonamides is 1. The van der Waals surface area contributed by atoms with Gasteiger partial charge in [-0.1, -0.05) is 22.0 Å². The topological polar surface area (TPSA) is 57.6 Å². The maximum atomic E-state index is 12.6. The Labute approximate surface area is 116 Å². The van der Waals surface area contributed by atoms with Crippen LogP contribution in [0.2, 0.25) is 0 Å². The summed E-state index contributed by atoms with van der Waals surface area (Å²) in [6, 6.07) is 4.94. The second-order valence-corrected chi connectivity index (χ2v) is 7.28. The van der Waals surface area contributed by atoms with Crippen LogP contribution < -0.4 is 0 Å². The van der Waals surface area contributed by atoms with Gasteiger partial charge in [0.15, 0.2) is 0 Å². The SMILES string of the molecule is Cc1ccc(Br)cc1S(=O)(=O)N1CCC[C@H]1CO. The van der Waals surface area contributed by atoms with E-state index in [1.165, 1.54) is 4.31 Å². The summed E-state index contributed by atoms with van der Waals surface area (Å²) in [4.78, 5) is 0.317. The van der Waals surface area contributed by atoms with Crippen molar-refractivity contribution in [3.8, 4) is 0 Å². The Kier molecular flexibility index (Phi) is 4.11.